The number of nitrogens with zero attached hydrogens (tertiary/aromatic N) is 1. The summed E-state index contributed by atoms with van der Waals surface area (Å²) >= 11 is 5.84. The number of pyridine rings is 1. The molecule has 1 atom stereocenters. The molecule has 0 aliphatic rings. The van der Waals surface area contributed by atoms with Gasteiger partial charge >= 0.3 is 0 Å². The molecule has 21 heavy (non-hydrogen) atoms. The van der Waals surface area contributed by atoms with Crippen molar-refractivity contribution in [1.29, 1.82) is 0 Å². The summed E-state index contributed by atoms with van der Waals surface area (Å²) < 4.78 is 14.0. The Hall–Kier alpha value is -1.45. The third-order valence-electron chi connectivity index (χ3n) is 3.49. The van der Waals surface area contributed by atoms with E-state index in [2.05, 4.69) is 23.3 Å². The van der Waals surface area contributed by atoms with Crippen molar-refractivity contribution in [3.05, 3.63) is 64.7 Å². The number of likely N-dealkylation sites (N-methyl/N-ethyl adjacent to an activating group) is 1. The number of aryl methyl sites for hydroxylation is 1. The number of aromatic nitrogens is 1. The summed E-state index contributed by atoms with van der Waals surface area (Å²) in [7, 11) is 0. The molecular formula is C17H20ClFN2. The predicted molar refractivity (Wildman–Crippen MR) is 85.1 cm³/mol. The standard InChI is InChI=1S/C17H20ClFN2/c1-2-21-15(9-8-13-5-4-10-20-12-13)11-14-6-3-7-16(18)17(14)19/h3-7,10,12,15,21H,2,8-9,11H2,1H3. The molecule has 1 N–H and O–H groups in total. The molecule has 0 aliphatic heterocycles. The van der Waals surface area contributed by atoms with E-state index in [4.69, 9.17) is 11.6 Å². The van der Waals surface area contributed by atoms with E-state index in [0.29, 0.717) is 12.0 Å². The lowest BCUT2D eigenvalue weighted by Gasteiger charge is -2.18. The van der Waals surface area contributed by atoms with Gasteiger partial charge < -0.3 is 5.32 Å². The zero-order valence-corrected chi connectivity index (χ0v) is 12.9. The van der Waals surface area contributed by atoms with Crippen LogP contribution in [0.2, 0.25) is 5.02 Å². The molecule has 2 nitrogen and oxygen atoms in total. The lowest BCUT2D eigenvalue weighted by Crippen LogP contribution is -2.31. The van der Waals surface area contributed by atoms with E-state index in [1.807, 2.05) is 12.3 Å². The van der Waals surface area contributed by atoms with Crippen molar-refractivity contribution >= 4 is 11.6 Å². The van der Waals surface area contributed by atoms with E-state index in [-0.39, 0.29) is 16.9 Å². The van der Waals surface area contributed by atoms with Crippen molar-refractivity contribution in [3.63, 3.8) is 0 Å². The van der Waals surface area contributed by atoms with Crippen LogP contribution in [0.3, 0.4) is 0 Å². The van der Waals surface area contributed by atoms with Crippen LogP contribution in [-0.2, 0) is 12.8 Å². The molecule has 0 amide bonds. The summed E-state index contributed by atoms with van der Waals surface area (Å²) in [6, 6.07) is 9.41. The van der Waals surface area contributed by atoms with Gasteiger partial charge in [0.2, 0.25) is 0 Å². The zero-order valence-electron chi connectivity index (χ0n) is 12.2. The third kappa shape index (κ3) is 4.80. The van der Waals surface area contributed by atoms with Crippen LogP contribution < -0.4 is 5.32 Å². The number of hydrogen-bond donors (Lipinski definition) is 1. The van der Waals surface area contributed by atoms with Gasteiger partial charge in [-0.25, -0.2) is 4.39 Å². The van der Waals surface area contributed by atoms with Gasteiger partial charge in [0.1, 0.15) is 5.82 Å². The van der Waals surface area contributed by atoms with Crippen LogP contribution in [0.5, 0.6) is 0 Å². The van der Waals surface area contributed by atoms with Gasteiger partial charge in [-0.05, 0) is 49.1 Å². The van der Waals surface area contributed by atoms with Gasteiger partial charge in [0, 0.05) is 18.4 Å². The Labute approximate surface area is 130 Å². The number of nitrogens with one attached hydrogen (secondary N) is 1. The van der Waals surface area contributed by atoms with Crippen molar-refractivity contribution in [2.75, 3.05) is 6.54 Å². The van der Waals surface area contributed by atoms with Gasteiger partial charge in [0.25, 0.3) is 0 Å². The smallest absolute Gasteiger partial charge is 0.145 e. The normalized spacial score (nSPS) is 12.3. The monoisotopic (exact) mass is 306 g/mol. The molecule has 1 aromatic heterocycles. The molecule has 1 aromatic carbocycles. The Kier molecular flexibility index (Phi) is 6.15. The minimum absolute atomic E-state index is 0.190. The topological polar surface area (TPSA) is 24.9 Å². The summed E-state index contributed by atoms with van der Waals surface area (Å²) in [4.78, 5) is 4.12. The molecule has 0 fully saturated rings. The van der Waals surface area contributed by atoms with E-state index in [1.165, 1.54) is 5.56 Å². The molecule has 112 valence electrons. The van der Waals surface area contributed by atoms with Crippen molar-refractivity contribution in [2.24, 2.45) is 0 Å². The number of rotatable bonds is 7. The summed E-state index contributed by atoms with van der Waals surface area (Å²) in [6.45, 7) is 2.92. The van der Waals surface area contributed by atoms with Gasteiger partial charge in [0.05, 0.1) is 5.02 Å². The molecule has 2 aromatic rings. The Bertz CT molecular complexity index is 560. The maximum Gasteiger partial charge on any atom is 0.145 e. The van der Waals surface area contributed by atoms with Crippen LogP contribution in [0, 0.1) is 5.82 Å². The first-order valence-electron chi connectivity index (χ1n) is 7.26. The van der Waals surface area contributed by atoms with E-state index < -0.39 is 0 Å². The Morgan fingerprint density at radius 3 is 2.86 bits per heavy atom. The Morgan fingerprint density at radius 2 is 2.14 bits per heavy atom. The molecule has 2 rings (SSSR count). The fraction of sp³-hybridized carbons (Fsp3) is 0.353. The highest BCUT2D eigenvalue weighted by molar-refractivity contribution is 6.30. The Morgan fingerprint density at radius 1 is 1.29 bits per heavy atom. The average Bonchev–Trinajstić information content (AvgIpc) is 2.50. The molecule has 1 unspecified atom stereocenters. The number of benzene rings is 1. The molecular weight excluding hydrogens is 287 g/mol. The molecule has 4 heteroatoms. The minimum atomic E-state index is -0.302. The number of hydrogen-bond acceptors (Lipinski definition) is 2. The van der Waals surface area contributed by atoms with Crippen LogP contribution in [0.15, 0.2) is 42.7 Å². The second kappa shape index (κ2) is 8.11. The molecule has 0 saturated carbocycles. The van der Waals surface area contributed by atoms with E-state index in [1.54, 1.807) is 24.4 Å². The summed E-state index contributed by atoms with van der Waals surface area (Å²) in [5, 5.41) is 3.61. The van der Waals surface area contributed by atoms with E-state index in [0.717, 1.165) is 19.4 Å². The van der Waals surface area contributed by atoms with Crippen LogP contribution >= 0.6 is 11.6 Å². The SMILES string of the molecule is CCNC(CCc1cccnc1)Cc1cccc(Cl)c1F. The van der Waals surface area contributed by atoms with E-state index >= 15 is 0 Å². The Balaban J connectivity index is 2.00. The van der Waals surface area contributed by atoms with Gasteiger partial charge in [-0.1, -0.05) is 36.7 Å². The molecule has 0 bridgehead atoms. The molecule has 0 aliphatic carbocycles. The second-order valence-electron chi connectivity index (χ2n) is 5.07. The summed E-state index contributed by atoms with van der Waals surface area (Å²) in [6.07, 6.45) is 6.15. The molecule has 1 heterocycles. The third-order valence-corrected chi connectivity index (χ3v) is 3.79. The van der Waals surface area contributed by atoms with Gasteiger partial charge in [-0.15, -0.1) is 0 Å². The van der Waals surface area contributed by atoms with Gasteiger partial charge in [0.15, 0.2) is 0 Å². The van der Waals surface area contributed by atoms with Gasteiger partial charge in [-0.2, -0.15) is 0 Å². The first-order valence-corrected chi connectivity index (χ1v) is 7.63. The van der Waals surface area contributed by atoms with Crippen molar-refractivity contribution in [2.45, 2.75) is 32.2 Å². The summed E-state index contributed by atoms with van der Waals surface area (Å²) in [5.74, 6) is -0.302. The van der Waals surface area contributed by atoms with E-state index in [9.17, 15) is 4.39 Å². The summed E-state index contributed by atoms with van der Waals surface area (Å²) in [5.41, 5.74) is 1.87. The second-order valence-corrected chi connectivity index (χ2v) is 5.48. The first kappa shape index (κ1) is 15.9. The maximum atomic E-state index is 14.0. The van der Waals surface area contributed by atoms with Crippen molar-refractivity contribution < 1.29 is 4.39 Å². The van der Waals surface area contributed by atoms with Crippen LogP contribution in [0.4, 0.5) is 4.39 Å². The molecule has 0 radical (unpaired) electrons. The minimum Gasteiger partial charge on any atom is -0.314 e. The highest BCUT2D eigenvalue weighted by atomic mass is 35.5. The van der Waals surface area contributed by atoms with Gasteiger partial charge in [-0.3, -0.25) is 4.98 Å². The average molecular weight is 307 g/mol. The fourth-order valence-corrected chi connectivity index (χ4v) is 2.62. The molecule has 0 spiro atoms. The lowest BCUT2D eigenvalue weighted by atomic mass is 9.99. The van der Waals surface area contributed by atoms with Crippen LogP contribution in [-0.4, -0.2) is 17.6 Å². The molecule has 0 saturated heterocycles. The predicted octanol–water partition coefficient (Wildman–Crippen LogP) is 4.03. The largest absolute Gasteiger partial charge is 0.314 e. The highest BCUT2D eigenvalue weighted by Gasteiger charge is 2.13. The fourth-order valence-electron chi connectivity index (χ4n) is 2.42. The number of halogens is 2. The highest BCUT2D eigenvalue weighted by Crippen LogP contribution is 2.20. The van der Waals surface area contributed by atoms with Crippen LogP contribution in [0.1, 0.15) is 24.5 Å². The quantitative estimate of drug-likeness (QED) is 0.835. The first-order chi connectivity index (χ1) is 10.2. The maximum absolute atomic E-state index is 14.0. The van der Waals surface area contributed by atoms with Crippen molar-refractivity contribution in [1.82, 2.24) is 10.3 Å². The van der Waals surface area contributed by atoms with Crippen LogP contribution in [0.25, 0.3) is 0 Å². The lowest BCUT2D eigenvalue weighted by molar-refractivity contribution is 0.480. The van der Waals surface area contributed by atoms with Crippen molar-refractivity contribution in [3.8, 4) is 0 Å². The zero-order chi connectivity index (χ0) is 15.1.